The maximum atomic E-state index is 9.72. The van der Waals surface area contributed by atoms with Gasteiger partial charge in [-0.3, -0.25) is 0 Å². The summed E-state index contributed by atoms with van der Waals surface area (Å²) in [6.45, 7) is 5.82. The van der Waals surface area contributed by atoms with Crippen molar-refractivity contribution in [2.24, 2.45) is 5.41 Å². The van der Waals surface area contributed by atoms with E-state index in [1.165, 1.54) is 0 Å². The van der Waals surface area contributed by atoms with Crippen LogP contribution in [0.15, 0.2) is 16.5 Å². The van der Waals surface area contributed by atoms with Crippen molar-refractivity contribution in [3.63, 3.8) is 0 Å². The van der Waals surface area contributed by atoms with Crippen molar-refractivity contribution in [3.05, 3.63) is 23.1 Å². The molecule has 1 aromatic rings. The third-order valence-corrected chi connectivity index (χ3v) is 1.89. The molecule has 3 heteroatoms. The quantitative estimate of drug-likeness (QED) is 0.735. The standard InChI is InChI=1S/C9H13ClO2/c1-9(2,3)8(11)6-4-5-7(10)12-6/h4-5,8,11H,1-3H3. The Morgan fingerprint density at radius 1 is 1.42 bits per heavy atom. The highest BCUT2D eigenvalue weighted by molar-refractivity contribution is 6.28. The van der Waals surface area contributed by atoms with Gasteiger partial charge in [0.25, 0.3) is 0 Å². The largest absolute Gasteiger partial charge is 0.447 e. The van der Waals surface area contributed by atoms with Crippen LogP contribution < -0.4 is 0 Å². The SMILES string of the molecule is CC(C)(C)C(O)c1ccc(Cl)o1. The van der Waals surface area contributed by atoms with Gasteiger partial charge < -0.3 is 9.52 Å². The Kier molecular flexibility index (Phi) is 2.49. The number of aliphatic hydroxyl groups is 1. The average molecular weight is 189 g/mol. The molecule has 0 aliphatic rings. The summed E-state index contributed by atoms with van der Waals surface area (Å²) in [6.07, 6.45) is -0.606. The second-order valence-corrected chi connectivity index (χ2v) is 4.28. The number of hydrogen-bond acceptors (Lipinski definition) is 2. The molecule has 0 fully saturated rings. The highest BCUT2D eigenvalue weighted by Crippen LogP contribution is 2.33. The van der Waals surface area contributed by atoms with E-state index in [1.807, 2.05) is 20.8 Å². The first-order chi connectivity index (χ1) is 5.41. The van der Waals surface area contributed by atoms with Gasteiger partial charge in [-0.05, 0) is 29.1 Å². The van der Waals surface area contributed by atoms with Gasteiger partial charge in [0.2, 0.25) is 0 Å². The Morgan fingerprint density at radius 3 is 2.33 bits per heavy atom. The number of rotatable bonds is 1. The fourth-order valence-electron chi connectivity index (χ4n) is 0.902. The molecule has 1 unspecified atom stereocenters. The lowest BCUT2D eigenvalue weighted by Gasteiger charge is -2.23. The minimum absolute atomic E-state index is 0.221. The van der Waals surface area contributed by atoms with Gasteiger partial charge in [0, 0.05) is 0 Å². The van der Waals surface area contributed by atoms with Gasteiger partial charge in [0.05, 0.1) is 0 Å². The van der Waals surface area contributed by atoms with E-state index in [4.69, 9.17) is 16.0 Å². The van der Waals surface area contributed by atoms with Crippen LogP contribution in [0, 0.1) is 5.41 Å². The molecule has 1 aromatic heterocycles. The van der Waals surface area contributed by atoms with E-state index >= 15 is 0 Å². The summed E-state index contributed by atoms with van der Waals surface area (Å²) in [4.78, 5) is 0. The van der Waals surface area contributed by atoms with E-state index < -0.39 is 6.10 Å². The first-order valence-corrected chi connectivity index (χ1v) is 4.22. The van der Waals surface area contributed by atoms with Crippen molar-refractivity contribution < 1.29 is 9.52 Å². The molecule has 1 N–H and O–H groups in total. The van der Waals surface area contributed by atoms with Crippen molar-refractivity contribution in [1.82, 2.24) is 0 Å². The molecule has 0 radical (unpaired) electrons. The lowest BCUT2D eigenvalue weighted by molar-refractivity contribution is 0.0435. The molecule has 1 atom stereocenters. The molecular weight excluding hydrogens is 176 g/mol. The first-order valence-electron chi connectivity index (χ1n) is 3.84. The second kappa shape index (κ2) is 3.11. The first kappa shape index (κ1) is 9.62. The lowest BCUT2D eigenvalue weighted by Crippen LogP contribution is -2.16. The van der Waals surface area contributed by atoms with Crippen LogP contribution in [0.4, 0.5) is 0 Å². The molecule has 0 bridgehead atoms. The number of furan rings is 1. The average Bonchev–Trinajstić information content (AvgIpc) is 2.32. The number of aliphatic hydroxyl groups excluding tert-OH is 1. The van der Waals surface area contributed by atoms with Crippen molar-refractivity contribution in [3.8, 4) is 0 Å². The predicted octanol–water partition coefficient (Wildman–Crippen LogP) is 3.01. The van der Waals surface area contributed by atoms with E-state index in [2.05, 4.69) is 0 Å². The molecular formula is C9H13ClO2. The van der Waals surface area contributed by atoms with Crippen LogP contribution in [-0.4, -0.2) is 5.11 Å². The van der Waals surface area contributed by atoms with E-state index in [0.717, 1.165) is 0 Å². The summed E-state index contributed by atoms with van der Waals surface area (Å²) in [6, 6.07) is 3.32. The maximum Gasteiger partial charge on any atom is 0.193 e. The number of halogens is 1. The second-order valence-electron chi connectivity index (χ2n) is 3.91. The van der Waals surface area contributed by atoms with Crippen LogP contribution in [0.2, 0.25) is 5.22 Å². The molecule has 68 valence electrons. The molecule has 0 saturated heterocycles. The van der Waals surface area contributed by atoms with E-state index in [-0.39, 0.29) is 5.41 Å². The molecule has 0 aliphatic carbocycles. The Morgan fingerprint density at radius 2 is 2.00 bits per heavy atom. The third-order valence-electron chi connectivity index (χ3n) is 1.68. The fourth-order valence-corrected chi connectivity index (χ4v) is 1.05. The molecule has 0 spiro atoms. The predicted molar refractivity (Wildman–Crippen MR) is 48.1 cm³/mol. The molecule has 0 amide bonds. The monoisotopic (exact) mass is 188 g/mol. The van der Waals surface area contributed by atoms with Crippen molar-refractivity contribution >= 4 is 11.6 Å². The number of hydrogen-bond donors (Lipinski definition) is 1. The Labute approximate surface area is 77.1 Å². The van der Waals surface area contributed by atoms with Gasteiger partial charge in [-0.25, -0.2) is 0 Å². The normalized spacial score (nSPS) is 14.8. The highest BCUT2D eigenvalue weighted by Gasteiger charge is 2.26. The van der Waals surface area contributed by atoms with Crippen LogP contribution in [0.1, 0.15) is 32.6 Å². The zero-order valence-electron chi connectivity index (χ0n) is 7.47. The zero-order chi connectivity index (χ0) is 9.35. The Balaban J connectivity index is 2.85. The van der Waals surface area contributed by atoms with E-state index in [9.17, 15) is 5.11 Å². The zero-order valence-corrected chi connectivity index (χ0v) is 8.22. The summed E-state index contributed by atoms with van der Waals surface area (Å²) in [7, 11) is 0. The maximum absolute atomic E-state index is 9.72. The molecule has 0 saturated carbocycles. The molecule has 0 aliphatic heterocycles. The molecule has 0 aromatic carbocycles. The fraction of sp³-hybridized carbons (Fsp3) is 0.556. The van der Waals surface area contributed by atoms with Crippen molar-refractivity contribution in [2.45, 2.75) is 26.9 Å². The van der Waals surface area contributed by atoms with Crippen LogP contribution in [-0.2, 0) is 0 Å². The van der Waals surface area contributed by atoms with Crippen LogP contribution in [0.3, 0.4) is 0 Å². The van der Waals surface area contributed by atoms with Crippen LogP contribution >= 0.6 is 11.6 Å². The van der Waals surface area contributed by atoms with Crippen molar-refractivity contribution in [2.75, 3.05) is 0 Å². The Hall–Kier alpha value is -0.470. The van der Waals surface area contributed by atoms with E-state index in [1.54, 1.807) is 12.1 Å². The third kappa shape index (κ3) is 2.02. The summed E-state index contributed by atoms with van der Waals surface area (Å²) in [5.74, 6) is 0.521. The van der Waals surface area contributed by atoms with Gasteiger partial charge in [-0.2, -0.15) is 0 Å². The minimum Gasteiger partial charge on any atom is -0.447 e. The van der Waals surface area contributed by atoms with Crippen molar-refractivity contribution in [1.29, 1.82) is 0 Å². The summed E-state index contributed by atoms with van der Waals surface area (Å²) in [5.41, 5.74) is -0.221. The van der Waals surface area contributed by atoms with Gasteiger partial charge >= 0.3 is 0 Å². The van der Waals surface area contributed by atoms with Gasteiger partial charge in [0.1, 0.15) is 11.9 Å². The van der Waals surface area contributed by atoms with E-state index in [0.29, 0.717) is 11.0 Å². The molecule has 1 heterocycles. The summed E-state index contributed by atoms with van der Waals surface area (Å²) >= 11 is 5.58. The van der Waals surface area contributed by atoms with Gasteiger partial charge in [-0.1, -0.05) is 20.8 Å². The highest BCUT2D eigenvalue weighted by atomic mass is 35.5. The van der Waals surface area contributed by atoms with Gasteiger partial charge in [0.15, 0.2) is 5.22 Å². The van der Waals surface area contributed by atoms with Crippen LogP contribution in [0.25, 0.3) is 0 Å². The molecule has 1 rings (SSSR count). The minimum atomic E-state index is -0.606. The lowest BCUT2D eigenvalue weighted by atomic mass is 9.88. The molecule has 12 heavy (non-hydrogen) atoms. The van der Waals surface area contributed by atoms with Gasteiger partial charge in [-0.15, -0.1) is 0 Å². The summed E-state index contributed by atoms with van der Waals surface area (Å²) in [5, 5.41) is 10.0. The summed E-state index contributed by atoms with van der Waals surface area (Å²) < 4.78 is 5.09. The topological polar surface area (TPSA) is 33.4 Å². The van der Waals surface area contributed by atoms with Crippen LogP contribution in [0.5, 0.6) is 0 Å². The molecule has 2 nitrogen and oxygen atoms in total. The Bertz CT molecular complexity index is 260. The smallest absolute Gasteiger partial charge is 0.193 e.